The molecule has 0 radical (unpaired) electrons. The summed E-state index contributed by atoms with van der Waals surface area (Å²) in [5, 5.41) is 2.43. The van der Waals surface area contributed by atoms with Gasteiger partial charge in [-0.05, 0) is 36.8 Å². The SMILES string of the molecule is Cc1oc2cc(OC(=O)[C@H]3CCC[NH2+]3)ccc2c(=O)c1-c1ccc2c(c1)OCCCO2. The van der Waals surface area contributed by atoms with Crippen LogP contribution in [0.3, 0.4) is 0 Å². The van der Waals surface area contributed by atoms with Crippen molar-refractivity contribution in [3.05, 3.63) is 52.4 Å². The smallest absolute Gasteiger partial charge is 0.370 e. The lowest BCUT2D eigenvalue weighted by atomic mass is 10.0. The Hall–Kier alpha value is -3.32. The van der Waals surface area contributed by atoms with Crippen molar-refractivity contribution in [1.82, 2.24) is 0 Å². The molecule has 2 N–H and O–H groups in total. The highest BCUT2D eigenvalue weighted by molar-refractivity contribution is 5.85. The number of aryl methyl sites for hydroxylation is 1. The summed E-state index contributed by atoms with van der Waals surface area (Å²) in [7, 11) is 0. The second-order valence-corrected chi connectivity index (χ2v) is 7.93. The average molecular weight is 422 g/mol. The van der Waals surface area contributed by atoms with Crippen molar-refractivity contribution in [2.75, 3.05) is 19.8 Å². The van der Waals surface area contributed by atoms with Crippen molar-refractivity contribution in [2.45, 2.75) is 32.2 Å². The Kier molecular flexibility index (Phi) is 5.11. The fourth-order valence-corrected chi connectivity index (χ4v) is 4.18. The number of carbonyl (C=O) groups is 1. The maximum atomic E-state index is 13.3. The maximum absolute atomic E-state index is 13.3. The van der Waals surface area contributed by atoms with Crippen LogP contribution < -0.4 is 25.0 Å². The highest BCUT2D eigenvalue weighted by Crippen LogP contribution is 2.35. The lowest BCUT2D eigenvalue weighted by Gasteiger charge is -2.12. The van der Waals surface area contributed by atoms with Gasteiger partial charge in [0.25, 0.3) is 0 Å². The van der Waals surface area contributed by atoms with Crippen LogP contribution in [-0.2, 0) is 4.79 Å². The predicted octanol–water partition coefficient (Wildman–Crippen LogP) is 2.56. The van der Waals surface area contributed by atoms with Gasteiger partial charge in [-0.1, -0.05) is 6.07 Å². The third-order valence-electron chi connectivity index (χ3n) is 5.77. The summed E-state index contributed by atoms with van der Waals surface area (Å²) in [6, 6.07) is 10.2. The Morgan fingerprint density at radius 1 is 1.06 bits per heavy atom. The summed E-state index contributed by atoms with van der Waals surface area (Å²) in [6.45, 7) is 3.87. The van der Waals surface area contributed by atoms with Crippen LogP contribution in [0.2, 0.25) is 0 Å². The number of ether oxygens (including phenoxy) is 3. The van der Waals surface area contributed by atoms with E-state index in [-0.39, 0.29) is 17.4 Å². The fourth-order valence-electron chi connectivity index (χ4n) is 4.18. The number of fused-ring (bicyclic) bond motifs is 2. The number of benzene rings is 2. The zero-order chi connectivity index (χ0) is 21.4. The van der Waals surface area contributed by atoms with Crippen LogP contribution in [0.15, 0.2) is 45.6 Å². The summed E-state index contributed by atoms with van der Waals surface area (Å²) < 4.78 is 22.9. The van der Waals surface area contributed by atoms with E-state index in [1.54, 1.807) is 25.1 Å². The molecule has 1 aromatic heterocycles. The van der Waals surface area contributed by atoms with Crippen molar-refractivity contribution >= 4 is 16.9 Å². The quantitative estimate of drug-likeness (QED) is 0.515. The van der Waals surface area contributed by atoms with Gasteiger partial charge >= 0.3 is 5.97 Å². The third kappa shape index (κ3) is 3.77. The van der Waals surface area contributed by atoms with Gasteiger partial charge in [0.15, 0.2) is 17.5 Å². The van der Waals surface area contributed by atoms with E-state index < -0.39 is 0 Å². The largest absolute Gasteiger partial charge is 0.490 e. The van der Waals surface area contributed by atoms with Gasteiger partial charge in [0.05, 0.1) is 30.7 Å². The number of carbonyl (C=O) groups excluding carboxylic acids is 1. The van der Waals surface area contributed by atoms with Gasteiger partial charge in [-0.3, -0.25) is 4.79 Å². The zero-order valence-electron chi connectivity index (χ0n) is 17.3. The van der Waals surface area contributed by atoms with Crippen LogP contribution in [-0.4, -0.2) is 31.8 Å². The number of hydrogen-bond acceptors (Lipinski definition) is 6. The molecule has 31 heavy (non-hydrogen) atoms. The van der Waals surface area contributed by atoms with Crippen LogP contribution in [0.4, 0.5) is 0 Å². The standard InChI is InChI=1S/C24H23NO6/c1-14-22(15-5-8-19-21(12-15)29-11-3-10-28-19)23(26)17-7-6-16(13-20(17)30-14)31-24(27)18-4-2-9-25-18/h5-8,12-13,18,25H,2-4,9-11H2,1H3/p+1/t18-/m1/s1. The molecule has 2 aromatic carbocycles. The molecular formula is C24H24NO6+. The van der Waals surface area contributed by atoms with Gasteiger partial charge in [0, 0.05) is 25.3 Å². The number of nitrogens with two attached hydrogens (primary N) is 1. The molecule has 0 aliphatic carbocycles. The van der Waals surface area contributed by atoms with Crippen molar-refractivity contribution < 1.29 is 28.7 Å². The summed E-state index contributed by atoms with van der Waals surface area (Å²) in [5.74, 6) is 1.90. The molecule has 160 valence electrons. The molecule has 3 heterocycles. The molecule has 5 rings (SSSR count). The highest BCUT2D eigenvalue weighted by Gasteiger charge is 2.28. The van der Waals surface area contributed by atoms with Crippen LogP contribution >= 0.6 is 0 Å². The van der Waals surface area contributed by atoms with E-state index in [0.717, 1.165) is 25.8 Å². The van der Waals surface area contributed by atoms with E-state index in [1.807, 2.05) is 23.5 Å². The van der Waals surface area contributed by atoms with Crippen LogP contribution in [0.5, 0.6) is 17.2 Å². The number of quaternary nitrogens is 1. The molecule has 0 bridgehead atoms. The molecule has 2 aliphatic rings. The van der Waals surface area contributed by atoms with Gasteiger partial charge in [-0.15, -0.1) is 0 Å². The van der Waals surface area contributed by atoms with Gasteiger partial charge < -0.3 is 23.9 Å². The Balaban J connectivity index is 1.50. The summed E-state index contributed by atoms with van der Waals surface area (Å²) in [4.78, 5) is 25.6. The van der Waals surface area contributed by atoms with Crippen molar-refractivity contribution in [3.8, 4) is 28.4 Å². The van der Waals surface area contributed by atoms with Crippen LogP contribution in [0.1, 0.15) is 25.0 Å². The van der Waals surface area contributed by atoms with E-state index in [4.69, 9.17) is 18.6 Å². The van der Waals surface area contributed by atoms with Crippen molar-refractivity contribution in [2.24, 2.45) is 0 Å². The lowest BCUT2D eigenvalue weighted by molar-refractivity contribution is -0.658. The van der Waals surface area contributed by atoms with Crippen LogP contribution in [0.25, 0.3) is 22.1 Å². The first kappa shape index (κ1) is 19.6. The molecule has 1 atom stereocenters. The van der Waals surface area contributed by atoms with E-state index in [1.165, 1.54) is 0 Å². The Labute approximate surface area is 178 Å². The second kappa shape index (κ2) is 8.07. The highest BCUT2D eigenvalue weighted by atomic mass is 16.5. The minimum Gasteiger partial charge on any atom is -0.490 e. The Bertz CT molecular complexity index is 1210. The third-order valence-corrected chi connectivity index (χ3v) is 5.77. The summed E-state index contributed by atoms with van der Waals surface area (Å²) >= 11 is 0. The molecule has 1 fully saturated rings. The molecule has 0 spiro atoms. The lowest BCUT2D eigenvalue weighted by Crippen LogP contribution is -2.88. The molecule has 0 amide bonds. The fraction of sp³-hybridized carbons (Fsp3) is 0.333. The maximum Gasteiger partial charge on any atom is 0.370 e. The molecule has 2 aliphatic heterocycles. The first-order valence-corrected chi connectivity index (χ1v) is 10.6. The summed E-state index contributed by atoms with van der Waals surface area (Å²) in [5.41, 5.74) is 1.44. The minimum absolute atomic E-state index is 0.143. The summed E-state index contributed by atoms with van der Waals surface area (Å²) in [6.07, 6.45) is 2.64. The number of hydrogen-bond donors (Lipinski definition) is 1. The first-order valence-electron chi connectivity index (χ1n) is 10.6. The molecular weight excluding hydrogens is 398 g/mol. The second-order valence-electron chi connectivity index (χ2n) is 7.93. The zero-order valence-corrected chi connectivity index (χ0v) is 17.3. The van der Waals surface area contributed by atoms with Crippen LogP contribution in [0, 0.1) is 6.92 Å². The van der Waals surface area contributed by atoms with E-state index >= 15 is 0 Å². The minimum atomic E-state index is -0.264. The predicted molar refractivity (Wildman–Crippen MR) is 114 cm³/mol. The normalized spacial score (nSPS) is 18.0. The van der Waals surface area contributed by atoms with Crippen molar-refractivity contribution in [3.63, 3.8) is 0 Å². The monoisotopic (exact) mass is 422 g/mol. The average Bonchev–Trinajstić information content (AvgIpc) is 3.20. The molecule has 1 saturated heterocycles. The van der Waals surface area contributed by atoms with E-state index in [0.29, 0.717) is 58.3 Å². The molecule has 7 heteroatoms. The van der Waals surface area contributed by atoms with Gasteiger partial charge in [0.2, 0.25) is 5.43 Å². The van der Waals surface area contributed by atoms with E-state index in [2.05, 4.69) is 0 Å². The van der Waals surface area contributed by atoms with Gasteiger partial charge in [0.1, 0.15) is 17.1 Å². The van der Waals surface area contributed by atoms with E-state index in [9.17, 15) is 9.59 Å². The molecule has 0 saturated carbocycles. The Morgan fingerprint density at radius 3 is 2.71 bits per heavy atom. The van der Waals surface area contributed by atoms with Gasteiger partial charge in [-0.25, -0.2) is 4.79 Å². The molecule has 0 unspecified atom stereocenters. The Morgan fingerprint density at radius 2 is 1.90 bits per heavy atom. The van der Waals surface area contributed by atoms with Crippen molar-refractivity contribution in [1.29, 1.82) is 0 Å². The number of esters is 1. The topological polar surface area (TPSA) is 91.6 Å². The molecule has 3 aromatic rings. The van der Waals surface area contributed by atoms with Gasteiger partial charge in [-0.2, -0.15) is 0 Å². The first-order chi connectivity index (χ1) is 15.1. The number of rotatable bonds is 3. The molecule has 7 nitrogen and oxygen atoms in total.